The normalized spacial score (nSPS) is 15.8. The number of amides is 2. The molecule has 1 atom stereocenters. The molecular formula is C17H15ClN2O4. The van der Waals surface area contributed by atoms with Gasteiger partial charge in [-0.05, 0) is 43.3 Å². The molecule has 2 amide bonds. The van der Waals surface area contributed by atoms with Crippen molar-refractivity contribution in [2.24, 2.45) is 0 Å². The van der Waals surface area contributed by atoms with Crippen molar-refractivity contribution in [1.82, 2.24) is 0 Å². The van der Waals surface area contributed by atoms with E-state index in [4.69, 9.17) is 21.1 Å². The number of ether oxygens (including phenoxy) is 2. The Morgan fingerprint density at radius 2 is 2.08 bits per heavy atom. The molecule has 6 nitrogen and oxygen atoms in total. The van der Waals surface area contributed by atoms with Crippen molar-refractivity contribution in [3.8, 4) is 11.5 Å². The van der Waals surface area contributed by atoms with Gasteiger partial charge in [0, 0.05) is 10.6 Å². The van der Waals surface area contributed by atoms with Crippen LogP contribution in [0.5, 0.6) is 11.5 Å². The second-order valence-corrected chi connectivity index (χ2v) is 5.70. The summed E-state index contributed by atoms with van der Waals surface area (Å²) >= 11 is 5.96. The zero-order valence-corrected chi connectivity index (χ0v) is 13.8. The molecule has 124 valence electrons. The van der Waals surface area contributed by atoms with E-state index in [1.165, 1.54) is 7.11 Å². The first-order valence-corrected chi connectivity index (χ1v) is 7.62. The smallest absolute Gasteiger partial charge is 0.265 e. The summed E-state index contributed by atoms with van der Waals surface area (Å²) < 4.78 is 10.7. The third-order valence-corrected chi connectivity index (χ3v) is 3.82. The Balaban J connectivity index is 1.85. The fourth-order valence-electron chi connectivity index (χ4n) is 2.32. The van der Waals surface area contributed by atoms with Gasteiger partial charge in [0.15, 0.2) is 6.10 Å². The molecule has 2 aromatic carbocycles. The summed E-state index contributed by atoms with van der Waals surface area (Å²) in [6, 6.07) is 9.76. The van der Waals surface area contributed by atoms with Gasteiger partial charge in [0.1, 0.15) is 11.5 Å². The van der Waals surface area contributed by atoms with Crippen molar-refractivity contribution >= 4 is 34.8 Å². The number of halogens is 1. The van der Waals surface area contributed by atoms with Gasteiger partial charge in [0.05, 0.1) is 18.5 Å². The second kappa shape index (κ2) is 6.41. The maximum atomic E-state index is 12.5. The summed E-state index contributed by atoms with van der Waals surface area (Å²) in [4.78, 5) is 24.0. The van der Waals surface area contributed by atoms with Crippen molar-refractivity contribution in [2.75, 3.05) is 17.7 Å². The first-order valence-electron chi connectivity index (χ1n) is 7.24. The van der Waals surface area contributed by atoms with E-state index in [0.29, 0.717) is 33.5 Å². The molecule has 0 saturated heterocycles. The van der Waals surface area contributed by atoms with Gasteiger partial charge >= 0.3 is 0 Å². The number of rotatable bonds is 3. The van der Waals surface area contributed by atoms with Gasteiger partial charge in [-0.15, -0.1) is 0 Å². The molecule has 0 saturated carbocycles. The van der Waals surface area contributed by atoms with Gasteiger partial charge in [0.2, 0.25) is 0 Å². The van der Waals surface area contributed by atoms with Crippen molar-refractivity contribution in [1.29, 1.82) is 0 Å². The Kier molecular flexibility index (Phi) is 4.31. The molecule has 3 rings (SSSR count). The van der Waals surface area contributed by atoms with Crippen LogP contribution in [0.4, 0.5) is 11.4 Å². The Labute approximate surface area is 143 Å². The molecule has 1 aliphatic heterocycles. The van der Waals surface area contributed by atoms with Crippen LogP contribution in [0.3, 0.4) is 0 Å². The van der Waals surface area contributed by atoms with E-state index in [1.807, 2.05) is 0 Å². The maximum absolute atomic E-state index is 12.5. The highest BCUT2D eigenvalue weighted by atomic mass is 35.5. The van der Waals surface area contributed by atoms with Gasteiger partial charge < -0.3 is 20.1 Å². The number of anilines is 2. The molecule has 1 aliphatic rings. The van der Waals surface area contributed by atoms with Crippen LogP contribution in [0.15, 0.2) is 36.4 Å². The first kappa shape index (κ1) is 16.1. The largest absolute Gasteiger partial charge is 0.495 e. The molecule has 0 aromatic heterocycles. The predicted octanol–water partition coefficient (Wildman–Crippen LogP) is 3.32. The van der Waals surface area contributed by atoms with Gasteiger partial charge in [0.25, 0.3) is 11.8 Å². The molecule has 2 N–H and O–H groups in total. The fraction of sp³-hybridized carbons (Fsp3) is 0.176. The summed E-state index contributed by atoms with van der Waals surface area (Å²) in [6.07, 6.45) is -0.608. The maximum Gasteiger partial charge on any atom is 0.265 e. The molecule has 2 aromatic rings. The summed E-state index contributed by atoms with van der Waals surface area (Å²) in [7, 11) is 1.51. The number of carbonyl (C=O) groups excluding carboxylic acids is 2. The van der Waals surface area contributed by atoms with Gasteiger partial charge in [-0.25, -0.2) is 0 Å². The van der Waals surface area contributed by atoms with E-state index < -0.39 is 6.10 Å². The quantitative estimate of drug-likeness (QED) is 0.893. The molecule has 1 heterocycles. The molecule has 0 bridgehead atoms. The SMILES string of the molecule is COc1ccc(Cl)cc1NC(=O)c1ccc2c(c1)OC(C)C(=O)N2. The molecule has 0 fully saturated rings. The third-order valence-electron chi connectivity index (χ3n) is 3.58. The van der Waals surface area contributed by atoms with Crippen LogP contribution in [0, 0.1) is 0 Å². The third kappa shape index (κ3) is 3.14. The summed E-state index contributed by atoms with van der Waals surface area (Å²) in [5.41, 5.74) is 1.39. The summed E-state index contributed by atoms with van der Waals surface area (Å²) in [6.45, 7) is 1.64. The van der Waals surface area contributed by atoms with Crippen molar-refractivity contribution in [2.45, 2.75) is 13.0 Å². The zero-order valence-electron chi connectivity index (χ0n) is 13.1. The molecule has 0 radical (unpaired) electrons. The Morgan fingerprint density at radius 3 is 2.83 bits per heavy atom. The van der Waals surface area contributed by atoms with Gasteiger partial charge in [-0.1, -0.05) is 11.6 Å². The van der Waals surface area contributed by atoms with Gasteiger partial charge in [-0.3, -0.25) is 9.59 Å². The number of hydrogen-bond donors (Lipinski definition) is 2. The van der Waals surface area contributed by atoms with Crippen LogP contribution >= 0.6 is 11.6 Å². The number of benzene rings is 2. The van der Waals surface area contributed by atoms with E-state index in [2.05, 4.69) is 10.6 Å². The monoisotopic (exact) mass is 346 g/mol. The topological polar surface area (TPSA) is 76.7 Å². The van der Waals surface area contributed by atoms with Crippen molar-refractivity contribution < 1.29 is 19.1 Å². The van der Waals surface area contributed by atoms with Gasteiger partial charge in [-0.2, -0.15) is 0 Å². The number of hydrogen-bond acceptors (Lipinski definition) is 4. The van der Waals surface area contributed by atoms with Crippen LogP contribution in [-0.2, 0) is 4.79 Å². The highest BCUT2D eigenvalue weighted by molar-refractivity contribution is 6.31. The zero-order chi connectivity index (χ0) is 17.3. The number of fused-ring (bicyclic) bond motifs is 1. The van der Waals surface area contributed by atoms with E-state index in [1.54, 1.807) is 43.3 Å². The minimum atomic E-state index is -0.608. The molecule has 7 heteroatoms. The lowest BCUT2D eigenvalue weighted by molar-refractivity contribution is -0.122. The average Bonchev–Trinajstić information content (AvgIpc) is 2.55. The van der Waals surface area contributed by atoms with Crippen LogP contribution < -0.4 is 20.1 Å². The molecule has 0 aliphatic carbocycles. The number of nitrogens with one attached hydrogen (secondary N) is 2. The Hall–Kier alpha value is -2.73. The van der Waals surface area contributed by atoms with Crippen molar-refractivity contribution in [3.63, 3.8) is 0 Å². The fourth-order valence-corrected chi connectivity index (χ4v) is 2.49. The van der Waals surface area contributed by atoms with Crippen LogP contribution in [0.25, 0.3) is 0 Å². The van der Waals surface area contributed by atoms with Crippen LogP contribution in [0.2, 0.25) is 5.02 Å². The standard InChI is InChI=1S/C17H15ClN2O4/c1-9-16(21)19-12-5-3-10(7-15(12)24-9)17(22)20-13-8-11(18)4-6-14(13)23-2/h3-9H,1-2H3,(H,19,21)(H,20,22). The van der Waals surface area contributed by atoms with E-state index in [0.717, 1.165) is 0 Å². The average molecular weight is 347 g/mol. The number of carbonyl (C=O) groups is 2. The lowest BCUT2D eigenvalue weighted by atomic mass is 10.1. The minimum Gasteiger partial charge on any atom is -0.495 e. The lowest BCUT2D eigenvalue weighted by Crippen LogP contribution is -2.34. The minimum absolute atomic E-state index is 0.219. The molecule has 24 heavy (non-hydrogen) atoms. The highest BCUT2D eigenvalue weighted by Gasteiger charge is 2.24. The molecular weight excluding hydrogens is 332 g/mol. The van der Waals surface area contributed by atoms with Crippen molar-refractivity contribution in [3.05, 3.63) is 47.0 Å². The molecule has 1 unspecified atom stereocenters. The number of methoxy groups -OCH3 is 1. The van der Waals surface area contributed by atoms with E-state index >= 15 is 0 Å². The lowest BCUT2D eigenvalue weighted by Gasteiger charge is -2.23. The predicted molar refractivity (Wildman–Crippen MR) is 91.1 cm³/mol. The second-order valence-electron chi connectivity index (χ2n) is 5.26. The van der Waals surface area contributed by atoms with Crippen LogP contribution in [-0.4, -0.2) is 25.0 Å². The van der Waals surface area contributed by atoms with E-state index in [9.17, 15) is 9.59 Å². The van der Waals surface area contributed by atoms with E-state index in [-0.39, 0.29) is 11.8 Å². The first-order chi connectivity index (χ1) is 11.5. The highest BCUT2D eigenvalue weighted by Crippen LogP contribution is 2.32. The summed E-state index contributed by atoms with van der Waals surface area (Å²) in [5, 5.41) is 5.95. The Morgan fingerprint density at radius 1 is 1.29 bits per heavy atom. The molecule has 0 spiro atoms. The van der Waals surface area contributed by atoms with Crippen LogP contribution in [0.1, 0.15) is 17.3 Å². The Bertz CT molecular complexity index is 822. The summed E-state index contributed by atoms with van der Waals surface area (Å²) in [5.74, 6) is 0.394.